The summed E-state index contributed by atoms with van der Waals surface area (Å²) < 4.78 is 12.9. The number of likely N-dealkylation sites (N-methyl/N-ethyl adjacent to an activating group) is 1. The minimum absolute atomic E-state index is 0.0806. The van der Waals surface area contributed by atoms with Gasteiger partial charge in [-0.2, -0.15) is 0 Å². The lowest BCUT2D eigenvalue weighted by atomic mass is 10.1. The van der Waals surface area contributed by atoms with Crippen LogP contribution in [0.15, 0.2) is 23.7 Å². The van der Waals surface area contributed by atoms with Crippen molar-refractivity contribution in [2.24, 2.45) is 0 Å². The average molecular weight is 265 g/mol. The summed E-state index contributed by atoms with van der Waals surface area (Å²) in [5.41, 5.74) is 1.90. The van der Waals surface area contributed by atoms with Gasteiger partial charge in [0.15, 0.2) is 0 Å². The van der Waals surface area contributed by atoms with Crippen molar-refractivity contribution in [3.05, 3.63) is 45.9 Å². The van der Waals surface area contributed by atoms with E-state index < -0.39 is 0 Å². The molecule has 18 heavy (non-hydrogen) atoms. The van der Waals surface area contributed by atoms with Gasteiger partial charge < -0.3 is 5.32 Å². The van der Waals surface area contributed by atoms with E-state index >= 15 is 0 Å². The number of aromatic nitrogens is 2. The monoisotopic (exact) mass is 265 g/mol. The van der Waals surface area contributed by atoms with Crippen LogP contribution in [-0.2, 0) is 6.42 Å². The minimum atomic E-state index is -0.307. The highest BCUT2D eigenvalue weighted by Crippen LogP contribution is 2.18. The molecule has 0 radical (unpaired) electrons. The molecule has 0 saturated heterocycles. The zero-order valence-electron chi connectivity index (χ0n) is 10.5. The predicted octanol–water partition coefficient (Wildman–Crippen LogP) is 2.88. The Bertz CT molecular complexity index is 495. The van der Waals surface area contributed by atoms with Crippen LogP contribution in [0.2, 0.25) is 0 Å². The Hall–Kier alpha value is -1.33. The quantitative estimate of drug-likeness (QED) is 0.903. The number of halogens is 1. The number of thiazole rings is 1. The fraction of sp³-hybridized carbons (Fsp3) is 0.385. The third kappa shape index (κ3) is 3.34. The van der Waals surface area contributed by atoms with Gasteiger partial charge in [0.1, 0.15) is 5.82 Å². The standard InChI is InChI=1S/C13H16FN3S/c1-3-15-13(6-11-8-18-9(2)17-11)12-5-4-10(14)7-16-12/h4-5,7-8,13,15H,3,6H2,1-2H3. The maximum absolute atomic E-state index is 12.9. The molecule has 2 aromatic heterocycles. The van der Waals surface area contributed by atoms with Crippen LogP contribution in [0.1, 0.15) is 29.4 Å². The SMILES string of the molecule is CCNC(Cc1csc(C)n1)c1ccc(F)cn1. The van der Waals surface area contributed by atoms with Gasteiger partial charge in [-0.25, -0.2) is 9.37 Å². The van der Waals surface area contributed by atoms with Gasteiger partial charge in [0.2, 0.25) is 0 Å². The van der Waals surface area contributed by atoms with Crippen LogP contribution in [0.25, 0.3) is 0 Å². The second-order valence-electron chi connectivity index (χ2n) is 4.07. The molecule has 0 aliphatic carbocycles. The number of nitrogens with zero attached hydrogens (tertiary/aromatic N) is 2. The van der Waals surface area contributed by atoms with Crippen molar-refractivity contribution in [2.45, 2.75) is 26.3 Å². The van der Waals surface area contributed by atoms with Gasteiger partial charge in [-0.05, 0) is 25.6 Å². The molecule has 0 aliphatic rings. The third-order valence-corrected chi connectivity index (χ3v) is 3.46. The summed E-state index contributed by atoms with van der Waals surface area (Å²) in [5.74, 6) is -0.307. The predicted molar refractivity (Wildman–Crippen MR) is 71.2 cm³/mol. The fourth-order valence-corrected chi connectivity index (χ4v) is 2.46. The molecular formula is C13H16FN3S. The first kappa shape index (κ1) is 13.1. The summed E-state index contributed by atoms with van der Waals surface area (Å²) in [5, 5.41) is 6.48. The van der Waals surface area contributed by atoms with E-state index in [0.717, 1.165) is 29.4 Å². The lowest BCUT2D eigenvalue weighted by molar-refractivity contribution is 0.527. The molecule has 0 amide bonds. The first-order chi connectivity index (χ1) is 8.69. The van der Waals surface area contributed by atoms with E-state index in [0.29, 0.717) is 0 Å². The number of rotatable bonds is 5. The van der Waals surface area contributed by atoms with Crippen molar-refractivity contribution < 1.29 is 4.39 Å². The Morgan fingerprint density at radius 1 is 1.44 bits per heavy atom. The van der Waals surface area contributed by atoms with Crippen LogP contribution in [-0.4, -0.2) is 16.5 Å². The number of pyridine rings is 1. The van der Waals surface area contributed by atoms with Gasteiger partial charge in [-0.3, -0.25) is 4.98 Å². The van der Waals surface area contributed by atoms with Crippen LogP contribution in [0.3, 0.4) is 0 Å². The maximum atomic E-state index is 12.9. The van der Waals surface area contributed by atoms with Crippen molar-refractivity contribution in [3.8, 4) is 0 Å². The molecule has 0 fully saturated rings. The number of aryl methyl sites for hydroxylation is 1. The summed E-state index contributed by atoms with van der Waals surface area (Å²) in [7, 11) is 0. The topological polar surface area (TPSA) is 37.8 Å². The van der Waals surface area contributed by atoms with Gasteiger partial charge >= 0.3 is 0 Å². The summed E-state index contributed by atoms with van der Waals surface area (Å²) in [6, 6.07) is 3.25. The number of nitrogens with one attached hydrogen (secondary N) is 1. The Labute approximate surface area is 110 Å². The maximum Gasteiger partial charge on any atom is 0.141 e. The van der Waals surface area contributed by atoms with E-state index in [2.05, 4.69) is 20.7 Å². The molecule has 0 bridgehead atoms. The molecule has 0 aromatic carbocycles. The van der Waals surface area contributed by atoms with E-state index in [4.69, 9.17) is 0 Å². The average Bonchev–Trinajstić information content (AvgIpc) is 2.75. The second-order valence-corrected chi connectivity index (χ2v) is 5.14. The van der Waals surface area contributed by atoms with Crippen LogP contribution in [0.4, 0.5) is 4.39 Å². The van der Waals surface area contributed by atoms with Crippen LogP contribution in [0.5, 0.6) is 0 Å². The zero-order valence-corrected chi connectivity index (χ0v) is 11.3. The molecule has 96 valence electrons. The fourth-order valence-electron chi connectivity index (χ4n) is 1.83. The van der Waals surface area contributed by atoms with Crippen molar-refractivity contribution in [1.82, 2.24) is 15.3 Å². The van der Waals surface area contributed by atoms with Gasteiger partial charge in [0, 0.05) is 11.8 Å². The molecule has 2 aromatic rings. The van der Waals surface area contributed by atoms with E-state index in [1.165, 1.54) is 12.3 Å². The normalized spacial score (nSPS) is 12.6. The van der Waals surface area contributed by atoms with E-state index in [1.54, 1.807) is 17.4 Å². The highest BCUT2D eigenvalue weighted by Gasteiger charge is 2.14. The lowest BCUT2D eigenvalue weighted by Crippen LogP contribution is -2.24. The summed E-state index contributed by atoms with van der Waals surface area (Å²) in [4.78, 5) is 8.59. The van der Waals surface area contributed by atoms with E-state index in [-0.39, 0.29) is 11.9 Å². The molecule has 1 unspecified atom stereocenters. The minimum Gasteiger partial charge on any atom is -0.309 e. The van der Waals surface area contributed by atoms with E-state index in [9.17, 15) is 4.39 Å². The second kappa shape index (κ2) is 6.02. The van der Waals surface area contributed by atoms with Crippen molar-refractivity contribution in [1.29, 1.82) is 0 Å². The highest BCUT2D eigenvalue weighted by molar-refractivity contribution is 7.09. The van der Waals surface area contributed by atoms with E-state index in [1.807, 2.05) is 13.8 Å². The Kier molecular flexibility index (Phi) is 4.38. The Balaban J connectivity index is 2.14. The zero-order chi connectivity index (χ0) is 13.0. The summed E-state index contributed by atoms with van der Waals surface area (Å²) in [6.45, 7) is 4.88. The molecule has 0 spiro atoms. The highest BCUT2D eigenvalue weighted by atomic mass is 32.1. The van der Waals surface area contributed by atoms with Crippen LogP contribution < -0.4 is 5.32 Å². The first-order valence-corrected chi connectivity index (χ1v) is 6.83. The molecule has 2 rings (SSSR count). The molecular weight excluding hydrogens is 249 g/mol. The Morgan fingerprint density at radius 2 is 2.28 bits per heavy atom. The smallest absolute Gasteiger partial charge is 0.141 e. The summed E-state index contributed by atoms with van der Waals surface area (Å²) >= 11 is 1.64. The van der Waals surface area contributed by atoms with Crippen molar-refractivity contribution in [3.63, 3.8) is 0 Å². The number of hydrogen-bond donors (Lipinski definition) is 1. The molecule has 1 atom stereocenters. The van der Waals surface area contributed by atoms with Gasteiger partial charge in [-0.15, -0.1) is 11.3 Å². The largest absolute Gasteiger partial charge is 0.309 e. The van der Waals surface area contributed by atoms with Crippen LogP contribution >= 0.6 is 11.3 Å². The molecule has 0 saturated carbocycles. The van der Waals surface area contributed by atoms with Gasteiger partial charge in [-0.1, -0.05) is 6.92 Å². The molecule has 0 aliphatic heterocycles. The number of hydrogen-bond acceptors (Lipinski definition) is 4. The van der Waals surface area contributed by atoms with Gasteiger partial charge in [0.25, 0.3) is 0 Å². The Morgan fingerprint density at radius 3 is 2.83 bits per heavy atom. The third-order valence-electron chi connectivity index (χ3n) is 2.64. The molecule has 5 heteroatoms. The van der Waals surface area contributed by atoms with Crippen molar-refractivity contribution >= 4 is 11.3 Å². The van der Waals surface area contributed by atoms with Crippen molar-refractivity contribution in [2.75, 3.05) is 6.54 Å². The lowest BCUT2D eigenvalue weighted by Gasteiger charge is -2.16. The molecule has 2 heterocycles. The molecule has 3 nitrogen and oxygen atoms in total. The van der Waals surface area contributed by atoms with Gasteiger partial charge in [0.05, 0.1) is 28.6 Å². The van der Waals surface area contributed by atoms with Crippen LogP contribution in [0, 0.1) is 12.7 Å². The first-order valence-electron chi connectivity index (χ1n) is 5.95. The molecule has 1 N–H and O–H groups in total. The summed E-state index contributed by atoms with van der Waals surface area (Å²) in [6.07, 6.45) is 2.03.